The van der Waals surface area contributed by atoms with E-state index in [1.54, 1.807) is 0 Å². The predicted molar refractivity (Wildman–Crippen MR) is 66.9 cm³/mol. The second-order valence-corrected chi connectivity index (χ2v) is 5.36. The summed E-state index contributed by atoms with van der Waals surface area (Å²) in [5.41, 5.74) is 0. The summed E-state index contributed by atoms with van der Waals surface area (Å²) in [5.74, 6) is 0.609. The maximum Gasteiger partial charge on any atom is 0.315 e. The van der Waals surface area contributed by atoms with Gasteiger partial charge in [0.15, 0.2) is 0 Å². The van der Waals surface area contributed by atoms with Gasteiger partial charge >= 0.3 is 6.03 Å². The SMILES string of the molecule is CC1CCCCC1NC(=O)NCC1CCCO1. The van der Waals surface area contributed by atoms with Crippen molar-refractivity contribution in [2.75, 3.05) is 13.2 Å². The third-order valence-electron chi connectivity index (χ3n) is 3.94. The summed E-state index contributed by atoms with van der Waals surface area (Å²) < 4.78 is 5.47. The topological polar surface area (TPSA) is 50.4 Å². The number of carbonyl (C=O) groups excluding carboxylic acids is 1. The summed E-state index contributed by atoms with van der Waals surface area (Å²) in [4.78, 5) is 11.7. The lowest BCUT2D eigenvalue weighted by molar-refractivity contribution is 0.111. The molecule has 0 spiro atoms. The van der Waals surface area contributed by atoms with Gasteiger partial charge in [-0.3, -0.25) is 0 Å². The molecule has 2 aliphatic rings. The van der Waals surface area contributed by atoms with Crippen molar-refractivity contribution in [1.82, 2.24) is 10.6 Å². The van der Waals surface area contributed by atoms with Crippen molar-refractivity contribution in [1.29, 1.82) is 0 Å². The zero-order valence-corrected chi connectivity index (χ0v) is 10.7. The molecule has 0 radical (unpaired) electrons. The monoisotopic (exact) mass is 240 g/mol. The van der Waals surface area contributed by atoms with Gasteiger partial charge in [0, 0.05) is 19.2 Å². The molecule has 1 saturated heterocycles. The Bertz CT molecular complexity index is 252. The highest BCUT2D eigenvalue weighted by Gasteiger charge is 2.23. The minimum absolute atomic E-state index is 0.0285. The molecule has 0 bridgehead atoms. The van der Waals surface area contributed by atoms with Crippen LogP contribution in [0.5, 0.6) is 0 Å². The number of hydrogen-bond acceptors (Lipinski definition) is 2. The van der Waals surface area contributed by atoms with Gasteiger partial charge in [-0.25, -0.2) is 4.79 Å². The van der Waals surface area contributed by atoms with Crippen molar-refractivity contribution in [3.8, 4) is 0 Å². The third kappa shape index (κ3) is 3.87. The van der Waals surface area contributed by atoms with Crippen LogP contribution in [-0.4, -0.2) is 31.3 Å². The molecule has 0 aromatic rings. The third-order valence-corrected chi connectivity index (χ3v) is 3.94. The summed E-state index contributed by atoms with van der Waals surface area (Å²) in [6, 6.07) is 0.326. The van der Waals surface area contributed by atoms with Crippen LogP contribution in [0.4, 0.5) is 4.79 Å². The quantitative estimate of drug-likeness (QED) is 0.793. The van der Waals surface area contributed by atoms with Gasteiger partial charge < -0.3 is 15.4 Å². The van der Waals surface area contributed by atoms with Crippen LogP contribution in [0.1, 0.15) is 45.4 Å². The van der Waals surface area contributed by atoms with Crippen LogP contribution in [0, 0.1) is 5.92 Å². The molecule has 98 valence electrons. The van der Waals surface area contributed by atoms with E-state index in [9.17, 15) is 4.79 Å². The van der Waals surface area contributed by atoms with E-state index in [4.69, 9.17) is 4.74 Å². The van der Waals surface area contributed by atoms with Gasteiger partial charge in [-0.2, -0.15) is 0 Å². The number of carbonyl (C=O) groups is 1. The van der Waals surface area contributed by atoms with E-state index >= 15 is 0 Å². The molecule has 3 atom stereocenters. The van der Waals surface area contributed by atoms with E-state index < -0.39 is 0 Å². The molecule has 1 aliphatic carbocycles. The number of amides is 2. The number of urea groups is 1. The molecule has 1 saturated carbocycles. The van der Waals surface area contributed by atoms with Crippen LogP contribution in [-0.2, 0) is 4.74 Å². The van der Waals surface area contributed by atoms with Crippen LogP contribution in [0.2, 0.25) is 0 Å². The standard InChI is InChI=1S/C13H24N2O2/c1-10-5-2-3-7-12(10)15-13(16)14-9-11-6-4-8-17-11/h10-12H,2-9H2,1H3,(H2,14,15,16). The van der Waals surface area contributed by atoms with E-state index in [1.165, 1.54) is 19.3 Å². The van der Waals surface area contributed by atoms with Crippen molar-refractivity contribution < 1.29 is 9.53 Å². The summed E-state index contributed by atoms with van der Waals surface area (Å²) in [6.45, 7) is 3.71. The number of rotatable bonds is 3. The number of hydrogen-bond donors (Lipinski definition) is 2. The van der Waals surface area contributed by atoms with Gasteiger partial charge in [-0.05, 0) is 31.6 Å². The second-order valence-electron chi connectivity index (χ2n) is 5.36. The van der Waals surface area contributed by atoms with E-state index in [0.29, 0.717) is 18.5 Å². The lowest BCUT2D eigenvalue weighted by Gasteiger charge is -2.29. The van der Waals surface area contributed by atoms with Crippen molar-refractivity contribution >= 4 is 6.03 Å². The largest absolute Gasteiger partial charge is 0.376 e. The molecule has 3 unspecified atom stereocenters. The first-order valence-electron chi connectivity index (χ1n) is 6.91. The fourth-order valence-electron chi connectivity index (χ4n) is 2.76. The number of nitrogens with one attached hydrogen (secondary N) is 2. The van der Waals surface area contributed by atoms with Crippen molar-refractivity contribution in [3.05, 3.63) is 0 Å². The summed E-state index contributed by atoms with van der Waals surface area (Å²) in [7, 11) is 0. The molecular formula is C13H24N2O2. The van der Waals surface area contributed by atoms with Gasteiger partial charge in [0.05, 0.1) is 6.10 Å². The molecule has 2 rings (SSSR count). The summed E-state index contributed by atoms with van der Waals surface area (Å²) in [6.07, 6.45) is 7.31. The zero-order chi connectivity index (χ0) is 12.1. The lowest BCUT2D eigenvalue weighted by Crippen LogP contribution is -2.47. The minimum Gasteiger partial charge on any atom is -0.376 e. The summed E-state index contributed by atoms with van der Waals surface area (Å²) >= 11 is 0. The number of ether oxygens (including phenoxy) is 1. The molecule has 4 heteroatoms. The van der Waals surface area contributed by atoms with Crippen LogP contribution < -0.4 is 10.6 Å². The molecule has 0 aromatic carbocycles. The molecule has 2 amide bonds. The molecule has 2 N–H and O–H groups in total. The average Bonchev–Trinajstić information content (AvgIpc) is 2.82. The fourth-order valence-corrected chi connectivity index (χ4v) is 2.76. The fraction of sp³-hybridized carbons (Fsp3) is 0.923. The van der Waals surface area contributed by atoms with Crippen molar-refractivity contribution in [2.45, 2.75) is 57.6 Å². The Hall–Kier alpha value is -0.770. The van der Waals surface area contributed by atoms with Gasteiger partial charge in [0.2, 0.25) is 0 Å². The van der Waals surface area contributed by atoms with Gasteiger partial charge in [0.1, 0.15) is 0 Å². The maximum absolute atomic E-state index is 11.7. The Morgan fingerprint density at radius 1 is 1.24 bits per heavy atom. The minimum atomic E-state index is -0.0285. The zero-order valence-electron chi connectivity index (χ0n) is 10.7. The highest BCUT2D eigenvalue weighted by atomic mass is 16.5. The first kappa shape index (κ1) is 12.7. The highest BCUT2D eigenvalue weighted by molar-refractivity contribution is 5.74. The first-order chi connectivity index (χ1) is 8.25. The van der Waals surface area contributed by atoms with Crippen LogP contribution >= 0.6 is 0 Å². The van der Waals surface area contributed by atoms with Crippen LogP contribution in [0.3, 0.4) is 0 Å². The Balaban J connectivity index is 1.65. The Morgan fingerprint density at radius 3 is 2.76 bits per heavy atom. The maximum atomic E-state index is 11.7. The summed E-state index contributed by atoms with van der Waals surface area (Å²) in [5, 5.41) is 6.00. The predicted octanol–water partition coefficient (Wildman–Crippen LogP) is 2.04. The van der Waals surface area contributed by atoms with Gasteiger partial charge in [-0.1, -0.05) is 19.8 Å². The Morgan fingerprint density at radius 2 is 2.06 bits per heavy atom. The highest BCUT2D eigenvalue weighted by Crippen LogP contribution is 2.23. The van der Waals surface area contributed by atoms with E-state index in [2.05, 4.69) is 17.6 Å². The van der Waals surface area contributed by atoms with Crippen LogP contribution in [0.25, 0.3) is 0 Å². The van der Waals surface area contributed by atoms with Gasteiger partial charge in [-0.15, -0.1) is 0 Å². The average molecular weight is 240 g/mol. The van der Waals surface area contributed by atoms with Gasteiger partial charge in [0.25, 0.3) is 0 Å². The van der Waals surface area contributed by atoms with E-state index in [1.807, 2.05) is 0 Å². The molecule has 2 fully saturated rings. The first-order valence-corrected chi connectivity index (χ1v) is 6.91. The molecule has 0 aromatic heterocycles. The smallest absolute Gasteiger partial charge is 0.315 e. The molecule has 17 heavy (non-hydrogen) atoms. The lowest BCUT2D eigenvalue weighted by atomic mass is 9.86. The molecule has 1 aliphatic heterocycles. The van der Waals surface area contributed by atoms with Crippen molar-refractivity contribution in [2.24, 2.45) is 5.92 Å². The molecular weight excluding hydrogens is 216 g/mol. The molecule has 1 heterocycles. The Labute approximate surface area is 103 Å². The van der Waals surface area contributed by atoms with E-state index in [-0.39, 0.29) is 12.1 Å². The van der Waals surface area contributed by atoms with E-state index in [0.717, 1.165) is 25.9 Å². The second kappa shape index (κ2) is 6.24. The van der Waals surface area contributed by atoms with Crippen LogP contribution in [0.15, 0.2) is 0 Å². The Kier molecular flexibility index (Phi) is 4.66. The normalized spacial score (nSPS) is 33.4. The van der Waals surface area contributed by atoms with Crippen molar-refractivity contribution in [3.63, 3.8) is 0 Å². The molecule has 4 nitrogen and oxygen atoms in total.